The fraction of sp³-hybridized carbons (Fsp3) is 0.267. The van der Waals surface area contributed by atoms with E-state index in [1.54, 1.807) is 13.1 Å². The van der Waals surface area contributed by atoms with Crippen molar-refractivity contribution in [2.24, 2.45) is 0 Å². The average molecular weight is 351 g/mol. The van der Waals surface area contributed by atoms with Gasteiger partial charge >= 0.3 is 5.97 Å². The molecule has 21 heavy (non-hydrogen) atoms. The first-order valence-corrected chi connectivity index (χ1v) is 7.04. The lowest BCUT2D eigenvalue weighted by molar-refractivity contribution is -0.147. The fourth-order valence-corrected chi connectivity index (χ4v) is 1.82. The molecule has 0 heterocycles. The lowest BCUT2D eigenvalue weighted by Crippen LogP contribution is -2.31. The minimum atomic E-state index is -0.590. The van der Waals surface area contributed by atoms with Crippen LogP contribution in [0.5, 0.6) is 0 Å². The molecule has 0 radical (unpaired) electrons. The smallest absolute Gasteiger partial charge is 0.331 e. The van der Waals surface area contributed by atoms with E-state index in [2.05, 4.69) is 15.9 Å². The SMILES string of the molecule is CN(CCC#N)C(=O)COC(=O)/C=C/c1ccccc1Br. The van der Waals surface area contributed by atoms with Gasteiger partial charge in [-0.15, -0.1) is 0 Å². The highest BCUT2D eigenvalue weighted by molar-refractivity contribution is 9.10. The molecule has 0 fully saturated rings. The summed E-state index contributed by atoms with van der Waals surface area (Å²) < 4.78 is 5.71. The van der Waals surface area contributed by atoms with E-state index in [0.29, 0.717) is 6.54 Å². The topological polar surface area (TPSA) is 70.4 Å². The molecule has 0 atom stereocenters. The Morgan fingerprint density at radius 3 is 2.81 bits per heavy atom. The Bertz CT molecular complexity index is 579. The number of halogens is 1. The van der Waals surface area contributed by atoms with Gasteiger partial charge in [-0.3, -0.25) is 4.79 Å². The summed E-state index contributed by atoms with van der Waals surface area (Å²) in [4.78, 5) is 24.5. The van der Waals surface area contributed by atoms with Gasteiger partial charge in [0.15, 0.2) is 6.61 Å². The van der Waals surface area contributed by atoms with Gasteiger partial charge in [-0.1, -0.05) is 34.1 Å². The van der Waals surface area contributed by atoms with Gasteiger partial charge in [-0.2, -0.15) is 5.26 Å². The van der Waals surface area contributed by atoms with E-state index in [1.165, 1.54) is 11.0 Å². The fourth-order valence-electron chi connectivity index (χ4n) is 1.40. The third-order valence-electron chi connectivity index (χ3n) is 2.63. The Morgan fingerprint density at radius 2 is 2.14 bits per heavy atom. The molecule has 0 saturated carbocycles. The van der Waals surface area contributed by atoms with Gasteiger partial charge in [-0.25, -0.2) is 4.79 Å². The molecule has 1 aromatic rings. The van der Waals surface area contributed by atoms with Crippen LogP contribution >= 0.6 is 15.9 Å². The van der Waals surface area contributed by atoms with Gasteiger partial charge in [0.05, 0.1) is 12.5 Å². The molecule has 110 valence electrons. The first kappa shape index (κ1) is 16.9. The van der Waals surface area contributed by atoms with Gasteiger partial charge < -0.3 is 9.64 Å². The van der Waals surface area contributed by atoms with Crippen molar-refractivity contribution in [1.29, 1.82) is 5.26 Å². The van der Waals surface area contributed by atoms with Crippen LogP contribution in [0.1, 0.15) is 12.0 Å². The number of nitrogens with zero attached hydrogens (tertiary/aromatic N) is 2. The number of benzene rings is 1. The minimum Gasteiger partial charge on any atom is -0.452 e. The van der Waals surface area contributed by atoms with E-state index in [1.807, 2.05) is 30.3 Å². The Hall–Kier alpha value is -2.13. The van der Waals surface area contributed by atoms with Crippen LogP contribution in [0.15, 0.2) is 34.8 Å². The van der Waals surface area contributed by atoms with Gasteiger partial charge in [0.25, 0.3) is 5.91 Å². The number of ether oxygens (including phenoxy) is 1. The summed E-state index contributed by atoms with van der Waals surface area (Å²) in [5, 5.41) is 8.43. The van der Waals surface area contributed by atoms with E-state index in [9.17, 15) is 9.59 Å². The summed E-state index contributed by atoms with van der Waals surface area (Å²) in [5.74, 6) is -0.930. The molecule has 0 unspecified atom stereocenters. The van der Waals surface area contributed by atoms with Crippen molar-refractivity contribution in [3.63, 3.8) is 0 Å². The summed E-state index contributed by atoms with van der Waals surface area (Å²) in [6.45, 7) is -0.0131. The summed E-state index contributed by atoms with van der Waals surface area (Å²) in [5.41, 5.74) is 0.840. The molecule has 0 aromatic heterocycles. The monoisotopic (exact) mass is 350 g/mol. The molecule has 0 aliphatic rings. The summed E-state index contributed by atoms with van der Waals surface area (Å²) in [6.07, 6.45) is 3.12. The third-order valence-corrected chi connectivity index (χ3v) is 3.35. The maximum absolute atomic E-state index is 11.6. The number of likely N-dealkylation sites (N-methyl/N-ethyl adjacent to an activating group) is 1. The number of carbonyl (C=O) groups excluding carboxylic acids is 2. The molecule has 6 heteroatoms. The Kier molecular flexibility index (Phi) is 7.19. The van der Waals surface area contributed by atoms with E-state index in [-0.39, 0.29) is 18.9 Å². The van der Waals surface area contributed by atoms with Crippen molar-refractivity contribution < 1.29 is 14.3 Å². The first-order valence-electron chi connectivity index (χ1n) is 6.25. The lowest BCUT2D eigenvalue weighted by atomic mass is 10.2. The second-order valence-electron chi connectivity index (χ2n) is 4.19. The lowest BCUT2D eigenvalue weighted by Gasteiger charge is -2.14. The van der Waals surface area contributed by atoms with Crippen molar-refractivity contribution >= 4 is 33.9 Å². The number of carbonyl (C=O) groups is 2. The number of hydrogen-bond donors (Lipinski definition) is 0. The molecule has 1 rings (SSSR count). The Balaban J connectivity index is 2.43. The predicted octanol–water partition coefficient (Wildman–Crippen LogP) is 2.38. The van der Waals surface area contributed by atoms with Gasteiger partial charge in [0.1, 0.15) is 0 Å². The Labute approximate surface area is 131 Å². The second-order valence-corrected chi connectivity index (χ2v) is 5.04. The zero-order valence-corrected chi connectivity index (χ0v) is 13.2. The first-order chi connectivity index (χ1) is 10.0. The van der Waals surface area contributed by atoms with Crippen LogP contribution in [0.2, 0.25) is 0 Å². The van der Waals surface area contributed by atoms with Crippen molar-refractivity contribution in [1.82, 2.24) is 4.90 Å². The van der Waals surface area contributed by atoms with Crippen molar-refractivity contribution in [2.45, 2.75) is 6.42 Å². The number of hydrogen-bond acceptors (Lipinski definition) is 4. The van der Waals surface area contributed by atoms with E-state index < -0.39 is 5.97 Å². The van der Waals surface area contributed by atoms with Crippen molar-refractivity contribution in [3.05, 3.63) is 40.4 Å². The normalized spacial score (nSPS) is 10.1. The number of rotatable bonds is 6. The highest BCUT2D eigenvalue weighted by Crippen LogP contribution is 2.17. The van der Waals surface area contributed by atoms with Crippen molar-refractivity contribution in [3.8, 4) is 6.07 Å². The van der Waals surface area contributed by atoms with Crippen LogP contribution in [-0.2, 0) is 14.3 Å². The van der Waals surface area contributed by atoms with Crippen LogP contribution in [0.4, 0.5) is 0 Å². The summed E-state index contributed by atoms with van der Waals surface area (Å²) in [7, 11) is 1.56. The van der Waals surface area contributed by atoms with Crippen LogP contribution in [-0.4, -0.2) is 37.0 Å². The number of nitriles is 1. The van der Waals surface area contributed by atoms with E-state index >= 15 is 0 Å². The number of amides is 1. The van der Waals surface area contributed by atoms with Crippen LogP contribution in [0.25, 0.3) is 6.08 Å². The van der Waals surface area contributed by atoms with Gasteiger partial charge in [0.2, 0.25) is 0 Å². The summed E-state index contributed by atoms with van der Waals surface area (Å²) in [6, 6.07) is 9.37. The van der Waals surface area contributed by atoms with Crippen LogP contribution < -0.4 is 0 Å². The van der Waals surface area contributed by atoms with Gasteiger partial charge in [0, 0.05) is 24.1 Å². The maximum atomic E-state index is 11.6. The van der Waals surface area contributed by atoms with Crippen LogP contribution in [0.3, 0.4) is 0 Å². The molecular formula is C15H15BrN2O3. The standard InChI is InChI=1S/C15H15BrN2O3/c1-18(10-4-9-17)14(19)11-21-15(20)8-7-12-5-2-3-6-13(12)16/h2-3,5-8H,4,10-11H2,1H3/b8-7+. The van der Waals surface area contributed by atoms with Crippen LogP contribution in [0, 0.1) is 11.3 Å². The zero-order chi connectivity index (χ0) is 15.7. The zero-order valence-electron chi connectivity index (χ0n) is 11.6. The molecule has 0 aliphatic carbocycles. The van der Waals surface area contributed by atoms with Crippen molar-refractivity contribution in [2.75, 3.05) is 20.2 Å². The molecule has 0 saturated heterocycles. The minimum absolute atomic E-state index is 0.248. The highest BCUT2D eigenvalue weighted by Gasteiger charge is 2.10. The predicted molar refractivity (Wildman–Crippen MR) is 82.0 cm³/mol. The largest absolute Gasteiger partial charge is 0.452 e. The molecule has 0 spiro atoms. The quantitative estimate of drug-likeness (QED) is 0.583. The highest BCUT2D eigenvalue weighted by atomic mass is 79.9. The van der Waals surface area contributed by atoms with E-state index in [0.717, 1.165) is 10.0 Å². The average Bonchev–Trinajstić information content (AvgIpc) is 2.49. The molecule has 5 nitrogen and oxygen atoms in total. The third kappa shape index (κ3) is 6.23. The maximum Gasteiger partial charge on any atom is 0.331 e. The Morgan fingerprint density at radius 1 is 1.43 bits per heavy atom. The molecular weight excluding hydrogens is 336 g/mol. The molecule has 0 N–H and O–H groups in total. The summed E-state index contributed by atoms with van der Waals surface area (Å²) >= 11 is 3.36. The molecule has 0 aliphatic heterocycles. The number of esters is 1. The van der Waals surface area contributed by atoms with Gasteiger partial charge in [-0.05, 0) is 17.7 Å². The molecule has 0 bridgehead atoms. The second kappa shape index (κ2) is 8.93. The molecule has 1 aromatic carbocycles. The van der Waals surface area contributed by atoms with E-state index in [4.69, 9.17) is 10.00 Å². The molecule has 1 amide bonds.